The van der Waals surface area contributed by atoms with Crippen molar-refractivity contribution in [2.45, 2.75) is 52.0 Å². The summed E-state index contributed by atoms with van der Waals surface area (Å²) >= 11 is 0. The molecule has 0 spiro atoms. The second-order valence-corrected chi connectivity index (χ2v) is 5.75. The van der Waals surface area contributed by atoms with E-state index in [0.717, 1.165) is 18.2 Å². The molecule has 106 valence electrons. The van der Waals surface area contributed by atoms with Gasteiger partial charge in [0, 0.05) is 12.2 Å². The van der Waals surface area contributed by atoms with E-state index in [4.69, 9.17) is 4.74 Å². The van der Waals surface area contributed by atoms with E-state index in [1.54, 1.807) is 0 Å². The molecule has 2 atom stereocenters. The van der Waals surface area contributed by atoms with Gasteiger partial charge in [-0.25, -0.2) is 0 Å². The molecule has 0 bridgehead atoms. The van der Waals surface area contributed by atoms with Crippen LogP contribution in [0.3, 0.4) is 0 Å². The lowest BCUT2D eigenvalue weighted by atomic mass is 9.89. The number of nitrogens with zero attached hydrogens (tertiary/aromatic N) is 1. The first-order valence-electron chi connectivity index (χ1n) is 7.51. The number of aromatic nitrogens is 1. The molecule has 2 unspecified atom stereocenters. The lowest BCUT2D eigenvalue weighted by Gasteiger charge is -2.22. The van der Waals surface area contributed by atoms with Crippen molar-refractivity contribution in [3.63, 3.8) is 0 Å². The topological polar surface area (TPSA) is 34.1 Å². The van der Waals surface area contributed by atoms with Crippen LogP contribution in [0.4, 0.5) is 0 Å². The lowest BCUT2D eigenvalue weighted by Crippen LogP contribution is -2.30. The summed E-state index contributed by atoms with van der Waals surface area (Å²) in [5.74, 6) is 2.28. The zero-order valence-electron chi connectivity index (χ0n) is 12.4. The SMILES string of the molecule is CCOc1cncc(C2CCCC2CNC(C)C)c1. The summed E-state index contributed by atoms with van der Waals surface area (Å²) in [4.78, 5) is 4.33. The maximum Gasteiger partial charge on any atom is 0.137 e. The second-order valence-electron chi connectivity index (χ2n) is 5.75. The molecule has 0 aromatic carbocycles. The minimum Gasteiger partial charge on any atom is -0.492 e. The third kappa shape index (κ3) is 3.93. The molecule has 3 nitrogen and oxygen atoms in total. The molecule has 1 aliphatic rings. The Morgan fingerprint density at radius 1 is 1.37 bits per heavy atom. The predicted molar refractivity (Wildman–Crippen MR) is 78.6 cm³/mol. The van der Waals surface area contributed by atoms with Crippen molar-refractivity contribution in [1.82, 2.24) is 10.3 Å². The van der Waals surface area contributed by atoms with Gasteiger partial charge in [0.1, 0.15) is 5.75 Å². The Kier molecular flexibility index (Phi) is 5.20. The highest BCUT2D eigenvalue weighted by Crippen LogP contribution is 2.39. The summed E-state index contributed by atoms with van der Waals surface area (Å²) in [7, 11) is 0. The van der Waals surface area contributed by atoms with E-state index < -0.39 is 0 Å². The van der Waals surface area contributed by atoms with Gasteiger partial charge in [0.05, 0.1) is 12.8 Å². The summed E-state index contributed by atoms with van der Waals surface area (Å²) in [5.41, 5.74) is 1.35. The standard InChI is InChI=1S/C16H26N2O/c1-4-19-15-8-14(9-17-11-15)16-7-5-6-13(16)10-18-12(2)3/h8-9,11-13,16,18H,4-7,10H2,1-3H3. The number of pyridine rings is 1. The lowest BCUT2D eigenvalue weighted by molar-refractivity contribution is 0.337. The summed E-state index contributed by atoms with van der Waals surface area (Å²) in [6.07, 6.45) is 7.75. The molecular formula is C16H26N2O. The van der Waals surface area contributed by atoms with Gasteiger partial charge in [-0.2, -0.15) is 0 Å². The largest absolute Gasteiger partial charge is 0.492 e. The highest BCUT2D eigenvalue weighted by Gasteiger charge is 2.28. The van der Waals surface area contributed by atoms with E-state index in [9.17, 15) is 0 Å². The third-order valence-electron chi connectivity index (χ3n) is 3.92. The minimum atomic E-state index is 0.564. The van der Waals surface area contributed by atoms with Gasteiger partial charge < -0.3 is 10.1 Å². The van der Waals surface area contributed by atoms with Gasteiger partial charge in [-0.1, -0.05) is 20.3 Å². The first kappa shape index (κ1) is 14.3. The molecule has 19 heavy (non-hydrogen) atoms. The van der Waals surface area contributed by atoms with Crippen molar-refractivity contribution in [3.8, 4) is 5.75 Å². The fourth-order valence-electron chi connectivity index (χ4n) is 2.99. The van der Waals surface area contributed by atoms with E-state index >= 15 is 0 Å². The fraction of sp³-hybridized carbons (Fsp3) is 0.688. The van der Waals surface area contributed by atoms with E-state index in [1.807, 2.05) is 19.3 Å². The maximum atomic E-state index is 5.56. The summed E-state index contributed by atoms with van der Waals surface area (Å²) in [6.45, 7) is 8.25. The van der Waals surface area contributed by atoms with Crippen LogP contribution in [0, 0.1) is 5.92 Å². The van der Waals surface area contributed by atoms with Crippen LogP contribution < -0.4 is 10.1 Å². The Hall–Kier alpha value is -1.09. The van der Waals surface area contributed by atoms with Crippen LogP contribution in [0.2, 0.25) is 0 Å². The van der Waals surface area contributed by atoms with Crippen molar-refractivity contribution >= 4 is 0 Å². The third-order valence-corrected chi connectivity index (χ3v) is 3.92. The average molecular weight is 262 g/mol. The molecule has 0 saturated heterocycles. The van der Waals surface area contributed by atoms with E-state index in [2.05, 4.69) is 30.2 Å². The van der Waals surface area contributed by atoms with Crippen molar-refractivity contribution in [2.75, 3.05) is 13.2 Å². The molecule has 0 aliphatic heterocycles. The Bertz CT molecular complexity index is 392. The van der Waals surface area contributed by atoms with Gasteiger partial charge in [0.25, 0.3) is 0 Å². The molecule has 0 amide bonds. The van der Waals surface area contributed by atoms with Crippen molar-refractivity contribution in [2.24, 2.45) is 5.92 Å². The number of hydrogen-bond donors (Lipinski definition) is 1. The molecule has 1 aromatic heterocycles. The molecule has 1 aliphatic carbocycles. The summed E-state index contributed by atoms with van der Waals surface area (Å²) in [6, 6.07) is 2.74. The molecule has 2 rings (SSSR count). The van der Waals surface area contributed by atoms with Crippen LogP contribution in [0.15, 0.2) is 18.5 Å². The zero-order chi connectivity index (χ0) is 13.7. The van der Waals surface area contributed by atoms with Crippen LogP contribution in [0.25, 0.3) is 0 Å². The maximum absolute atomic E-state index is 5.56. The molecule has 3 heteroatoms. The Morgan fingerprint density at radius 2 is 2.21 bits per heavy atom. The predicted octanol–water partition coefficient (Wildman–Crippen LogP) is 3.36. The van der Waals surface area contributed by atoms with E-state index in [1.165, 1.54) is 24.8 Å². The Labute approximate surface area is 116 Å². The van der Waals surface area contributed by atoms with Gasteiger partial charge in [0.15, 0.2) is 0 Å². The van der Waals surface area contributed by atoms with Gasteiger partial charge in [-0.3, -0.25) is 4.98 Å². The Morgan fingerprint density at radius 3 is 2.95 bits per heavy atom. The van der Waals surface area contributed by atoms with E-state index in [0.29, 0.717) is 18.6 Å². The van der Waals surface area contributed by atoms with Crippen LogP contribution in [-0.2, 0) is 0 Å². The van der Waals surface area contributed by atoms with Crippen molar-refractivity contribution < 1.29 is 4.74 Å². The van der Waals surface area contributed by atoms with Crippen molar-refractivity contribution in [1.29, 1.82) is 0 Å². The molecule has 1 saturated carbocycles. The zero-order valence-corrected chi connectivity index (χ0v) is 12.4. The first-order valence-corrected chi connectivity index (χ1v) is 7.51. The summed E-state index contributed by atoms with van der Waals surface area (Å²) < 4.78 is 5.56. The quantitative estimate of drug-likeness (QED) is 0.853. The van der Waals surface area contributed by atoms with Gasteiger partial charge in [-0.05, 0) is 49.8 Å². The normalized spacial score (nSPS) is 22.9. The van der Waals surface area contributed by atoms with E-state index in [-0.39, 0.29) is 0 Å². The van der Waals surface area contributed by atoms with Crippen LogP contribution in [0.5, 0.6) is 5.75 Å². The fourth-order valence-corrected chi connectivity index (χ4v) is 2.99. The monoisotopic (exact) mass is 262 g/mol. The minimum absolute atomic E-state index is 0.564. The average Bonchev–Trinajstić information content (AvgIpc) is 2.85. The van der Waals surface area contributed by atoms with Crippen molar-refractivity contribution in [3.05, 3.63) is 24.0 Å². The van der Waals surface area contributed by atoms with Crippen LogP contribution >= 0.6 is 0 Å². The highest BCUT2D eigenvalue weighted by molar-refractivity contribution is 5.27. The smallest absolute Gasteiger partial charge is 0.137 e. The molecule has 1 fully saturated rings. The second kappa shape index (κ2) is 6.90. The number of hydrogen-bond acceptors (Lipinski definition) is 3. The number of ether oxygens (including phenoxy) is 1. The molecule has 0 radical (unpaired) electrons. The highest BCUT2D eigenvalue weighted by atomic mass is 16.5. The number of nitrogens with one attached hydrogen (secondary N) is 1. The van der Waals surface area contributed by atoms with Gasteiger partial charge >= 0.3 is 0 Å². The molecule has 1 aromatic rings. The van der Waals surface area contributed by atoms with Gasteiger partial charge in [-0.15, -0.1) is 0 Å². The van der Waals surface area contributed by atoms with Crippen LogP contribution in [-0.4, -0.2) is 24.2 Å². The first-order chi connectivity index (χ1) is 9.20. The molecule has 1 N–H and O–H groups in total. The Balaban J connectivity index is 2.04. The van der Waals surface area contributed by atoms with Crippen LogP contribution in [0.1, 0.15) is 51.5 Å². The number of rotatable bonds is 6. The molecule has 1 heterocycles. The van der Waals surface area contributed by atoms with Gasteiger partial charge in [0.2, 0.25) is 0 Å². The molecular weight excluding hydrogens is 236 g/mol. The summed E-state index contributed by atoms with van der Waals surface area (Å²) in [5, 5.41) is 3.58.